The highest BCUT2D eigenvalue weighted by atomic mass is 16.1. The number of carbonyl (C=O) groups excluding carboxylic acids is 1. The van der Waals surface area contributed by atoms with Crippen molar-refractivity contribution < 1.29 is 4.79 Å². The third-order valence-corrected chi connectivity index (χ3v) is 3.09. The molecule has 18 heavy (non-hydrogen) atoms. The maximum Gasteiger partial charge on any atom is 0.155 e. The van der Waals surface area contributed by atoms with E-state index in [0.29, 0.717) is 5.78 Å². The highest BCUT2D eigenvalue weighted by Crippen LogP contribution is 2.19. The van der Waals surface area contributed by atoms with Gasteiger partial charge in [-0.1, -0.05) is 35.6 Å². The van der Waals surface area contributed by atoms with Gasteiger partial charge in [-0.15, -0.1) is 0 Å². The summed E-state index contributed by atoms with van der Waals surface area (Å²) in [5, 5.41) is 0. The summed E-state index contributed by atoms with van der Waals surface area (Å²) in [6.45, 7) is 0. The van der Waals surface area contributed by atoms with E-state index in [1.807, 2.05) is 36.4 Å². The lowest BCUT2D eigenvalue weighted by Gasteiger charge is -2.10. The van der Waals surface area contributed by atoms with Crippen LogP contribution < -0.4 is 0 Å². The molecule has 0 heterocycles. The molecule has 1 nitrogen and oxygen atoms in total. The fraction of sp³-hybridized carbons (Fsp3) is 0.353. The molecular weight excluding hydrogens is 220 g/mol. The molecule has 0 unspecified atom stereocenters. The summed E-state index contributed by atoms with van der Waals surface area (Å²) in [4.78, 5) is 11.2. The zero-order valence-electron chi connectivity index (χ0n) is 10.6. The van der Waals surface area contributed by atoms with Crippen LogP contribution in [0.1, 0.15) is 44.1 Å². The SMILES string of the molecule is O=C1C=C(CCCC#Cc2ccccc2)CCC1. The number of rotatable bonds is 3. The average molecular weight is 238 g/mol. The van der Waals surface area contributed by atoms with Crippen molar-refractivity contribution in [3.63, 3.8) is 0 Å². The van der Waals surface area contributed by atoms with Crippen LogP contribution in [0.4, 0.5) is 0 Å². The van der Waals surface area contributed by atoms with Crippen molar-refractivity contribution in [3.8, 4) is 11.8 Å². The fourth-order valence-corrected chi connectivity index (χ4v) is 2.15. The molecule has 0 atom stereocenters. The van der Waals surface area contributed by atoms with Crippen molar-refractivity contribution >= 4 is 5.78 Å². The molecule has 92 valence electrons. The van der Waals surface area contributed by atoms with E-state index in [1.165, 1.54) is 5.57 Å². The summed E-state index contributed by atoms with van der Waals surface area (Å²) in [7, 11) is 0. The van der Waals surface area contributed by atoms with E-state index < -0.39 is 0 Å². The Balaban J connectivity index is 1.74. The second-order valence-electron chi connectivity index (χ2n) is 4.64. The van der Waals surface area contributed by atoms with Crippen LogP contribution in [-0.4, -0.2) is 5.78 Å². The first-order valence-electron chi connectivity index (χ1n) is 6.61. The van der Waals surface area contributed by atoms with Crippen LogP contribution in [0.2, 0.25) is 0 Å². The third-order valence-electron chi connectivity index (χ3n) is 3.09. The van der Waals surface area contributed by atoms with Gasteiger partial charge in [-0.05, 0) is 43.9 Å². The minimum absolute atomic E-state index is 0.298. The van der Waals surface area contributed by atoms with Gasteiger partial charge < -0.3 is 0 Å². The standard InChI is InChI=1S/C17H18O/c18-17-13-7-12-16(14-17)11-6-2-5-10-15-8-3-1-4-9-15/h1,3-4,8-9,14H,2,6-7,11-13H2. The molecule has 0 bridgehead atoms. The van der Waals surface area contributed by atoms with Crippen LogP contribution in [0.15, 0.2) is 42.0 Å². The fourth-order valence-electron chi connectivity index (χ4n) is 2.15. The maximum absolute atomic E-state index is 11.2. The number of allylic oxidation sites excluding steroid dienone is 2. The Bertz CT molecular complexity index is 485. The van der Waals surface area contributed by atoms with Crippen molar-refractivity contribution in [2.45, 2.75) is 38.5 Å². The van der Waals surface area contributed by atoms with Crippen molar-refractivity contribution in [2.75, 3.05) is 0 Å². The molecule has 0 aliphatic heterocycles. The van der Waals surface area contributed by atoms with Crippen LogP contribution in [0, 0.1) is 11.8 Å². The van der Waals surface area contributed by atoms with Gasteiger partial charge in [-0.25, -0.2) is 0 Å². The Morgan fingerprint density at radius 3 is 2.72 bits per heavy atom. The Morgan fingerprint density at radius 2 is 1.94 bits per heavy atom. The van der Waals surface area contributed by atoms with E-state index in [2.05, 4.69) is 11.8 Å². The van der Waals surface area contributed by atoms with Gasteiger partial charge in [0.2, 0.25) is 0 Å². The van der Waals surface area contributed by atoms with Gasteiger partial charge in [0.05, 0.1) is 0 Å². The summed E-state index contributed by atoms with van der Waals surface area (Å²) < 4.78 is 0. The van der Waals surface area contributed by atoms with E-state index in [1.54, 1.807) is 0 Å². The predicted molar refractivity (Wildman–Crippen MR) is 74.1 cm³/mol. The highest BCUT2D eigenvalue weighted by molar-refractivity contribution is 5.91. The largest absolute Gasteiger partial charge is 0.295 e. The van der Waals surface area contributed by atoms with Crippen LogP contribution in [0.3, 0.4) is 0 Å². The molecule has 0 aromatic heterocycles. The molecule has 0 fully saturated rings. The Hall–Kier alpha value is -1.81. The quantitative estimate of drug-likeness (QED) is 0.577. The first kappa shape index (κ1) is 12.6. The number of hydrogen-bond donors (Lipinski definition) is 0. The highest BCUT2D eigenvalue weighted by Gasteiger charge is 2.08. The molecule has 1 aliphatic rings. The van der Waals surface area contributed by atoms with E-state index in [-0.39, 0.29) is 0 Å². The lowest BCUT2D eigenvalue weighted by atomic mass is 9.95. The Labute approximate surface area is 109 Å². The first-order valence-corrected chi connectivity index (χ1v) is 6.61. The lowest BCUT2D eigenvalue weighted by molar-refractivity contribution is -0.115. The summed E-state index contributed by atoms with van der Waals surface area (Å²) in [6.07, 6.45) is 7.68. The van der Waals surface area contributed by atoms with E-state index in [4.69, 9.17) is 0 Å². The van der Waals surface area contributed by atoms with Crippen LogP contribution in [0.5, 0.6) is 0 Å². The predicted octanol–water partition coefficient (Wildman–Crippen LogP) is 3.89. The summed E-state index contributed by atoms with van der Waals surface area (Å²) in [5.74, 6) is 6.64. The lowest BCUT2D eigenvalue weighted by Crippen LogP contribution is -2.02. The molecule has 0 radical (unpaired) electrons. The van der Waals surface area contributed by atoms with E-state index in [9.17, 15) is 4.79 Å². The number of carbonyl (C=O) groups is 1. The topological polar surface area (TPSA) is 17.1 Å². The van der Waals surface area contributed by atoms with E-state index >= 15 is 0 Å². The average Bonchev–Trinajstić information content (AvgIpc) is 2.40. The zero-order valence-corrected chi connectivity index (χ0v) is 10.6. The van der Waals surface area contributed by atoms with Crippen molar-refractivity contribution in [2.24, 2.45) is 0 Å². The number of ketones is 1. The smallest absolute Gasteiger partial charge is 0.155 e. The second kappa shape index (κ2) is 6.81. The minimum Gasteiger partial charge on any atom is -0.295 e. The molecule has 0 saturated heterocycles. The molecule has 2 rings (SSSR count). The van der Waals surface area contributed by atoms with Crippen LogP contribution in [0.25, 0.3) is 0 Å². The van der Waals surface area contributed by atoms with Crippen molar-refractivity contribution in [1.82, 2.24) is 0 Å². The van der Waals surface area contributed by atoms with Crippen LogP contribution in [-0.2, 0) is 4.79 Å². The molecule has 1 heteroatoms. The normalized spacial score (nSPS) is 14.7. The number of hydrogen-bond acceptors (Lipinski definition) is 1. The molecule has 1 aromatic rings. The maximum atomic E-state index is 11.2. The molecule has 0 spiro atoms. The van der Waals surface area contributed by atoms with Gasteiger partial charge >= 0.3 is 0 Å². The van der Waals surface area contributed by atoms with Gasteiger partial charge in [0, 0.05) is 18.4 Å². The van der Waals surface area contributed by atoms with Gasteiger partial charge in [0.25, 0.3) is 0 Å². The first-order chi connectivity index (χ1) is 8.84. The molecule has 1 aliphatic carbocycles. The number of unbranched alkanes of at least 4 members (excludes halogenated alkanes) is 1. The second-order valence-corrected chi connectivity index (χ2v) is 4.64. The summed E-state index contributed by atoms with van der Waals surface area (Å²) >= 11 is 0. The zero-order chi connectivity index (χ0) is 12.6. The third kappa shape index (κ3) is 4.22. The summed E-state index contributed by atoms with van der Waals surface area (Å²) in [5.41, 5.74) is 2.39. The van der Waals surface area contributed by atoms with Gasteiger partial charge in [0.1, 0.15) is 0 Å². The van der Waals surface area contributed by atoms with Crippen LogP contribution >= 0.6 is 0 Å². The van der Waals surface area contributed by atoms with Gasteiger partial charge in [0.15, 0.2) is 5.78 Å². The van der Waals surface area contributed by atoms with E-state index in [0.717, 1.165) is 44.1 Å². The monoisotopic (exact) mass is 238 g/mol. The molecular formula is C17H18O. The molecule has 0 N–H and O–H groups in total. The summed E-state index contributed by atoms with van der Waals surface area (Å²) in [6, 6.07) is 10.0. The van der Waals surface area contributed by atoms with Crippen molar-refractivity contribution in [1.29, 1.82) is 0 Å². The Kier molecular flexibility index (Phi) is 4.78. The molecule has 1 aromatic carbocycles. The van der Waals surface area contributed by atoms with Gasteiger partial charge in [-0.3, -0.25) is 4.79 Å². The molecule has 0 saturated carbocycles. The minimum atomic E-state index is 0.298. The van der Waals surface area contributed by atoms with Gasteiger partial charge in [-0.2, -0.15) is 0 Å². The molecule has 0 amide bonds. The van der Waals surface area contributed by atoms with Crippen molar-refractivity contribution in [3.05, 3.63) is 47.5 Å². The number of benzene rings is 1. The Morgan fingerprint density at radius 1 is 1.11 bits per heavy atom.